The van der Waals surface area contributed by atoms with E-state index >= 15 is 0 Å². The highest BCUT2D eigenvalue weighted by Crippen LogP contribution is 2.29. The van der Waals surface area contributed by atoms with Crippen molar-refractivity contribution in [3.8, 4) is 0 Å². The van der Waals surface area contributed by atoms with E-state index in [4.69, 9.17) is 0 Å². The molecule has 7 heterocycles. The zero-order chi connectivity index (χ0) is 64.1. The van der Waals surface area contributed by atoms with Crippen molar-refractivity contribution in [2.75, 3.05) is 79.3 Å². The molecule has 10 amide bonds. The van der Waals surface area contributed by atoms with Crippen molar-refractivity contribution < 1.29 is 47.9 Å². The van der Waals surface area contributed by atoms with E-state index in [2.05, 4.69) is 89.4 Å². The topological polar surface area (TPSA) is 378 Å². The fraction of sp³-hybridized carbons (Fsp3) is 0.246. The molecular formula is C65H65N17O10. The molecule has 7 aromatic rings. The van der Waals surface area contributed by atoms with E-state index in [1.807, 2.05) is 0 Å². The van der Waals surface area contributed by atoms with Gasteiger partial charge in [-0.1, -0.05) is 54.6 Å². The fourth-order valence-electron chi connectivity index (χ4n) is 10.8. The molecule has 470 valence electrons. The number of anilines is 10. The number of amides is 10. The van der Waals surface area contributed by atoms with Gasteiger partial charge >= 0.3 is 0 Å². The quantitative estimate of drug-likeness (QED) is 0.0407. The maximum atomic E-state index is 14.3. The summed E-state index contributed by atoms with van der Waals surface area (Å²) >= 11 is 0. The molecule has 11 rings (SSSR count). The third kappa shape index (κ3) is 15.6. The average Bonchev–Trinajstić information content (AvgIpc) is 1.27. The summed E-state index contributed by atoms with van der Waals surface area (Å²) in [5.41, 5.74) is -0.247. The summed E-state index contributed by atoms with van der Waals surface area (Å²) in [5, 5.41) is 40.3. The Morgan fingerprint density at radius 3 is 0.717 bits per heavy atom. The molecular weight excluding hydrogens is 1180 g/mol. The zero-order valence-corrected chi connectivity index (χ0v) is 49.5. The molecule has 0 radical (unpaired) electrons. The monoisotopic (exact) mass is 1240 g/mol. The van der Waals surface area contributed by atoms with E-state index in [1.54, 1.807) is 97.1 Å². The molecule has 4 aliphatic rings. The number of nitrogens with zero attached hydrogens (tertiary/aromatic N) is 3. The van der Waals surface area contributed by atoms with E-state index < -0.39 is 59.6 Å². The number of carbonyl (C=O) groups excluding carboxylic acids is 10. The second-order valence-corrected chi connectivity index (χ2v) is 22.1. The maximum absolute atomic E-state index is 14.3. The highest BCUT2D eigenvalue weighted by atomic mass is 16.2. The summed E-state index contributed by atoms with van der Waals surface area (Å²) in [4.78, 5) is 151. The Hall–Kier alpha value is -11.1. The number of hydrogen-bond acceptors (Lipinski definition) is 17. The maximum Gasteiger partial charge on any atom is 0.274 e. The van der Waals surface area contributed by atoms with E-state index in [0.29, 0.717) is 74.6 Å². The molecule has 92 heavy (non-hydrogen) atoms. The highest BCUT2D eigenvalue weighted by molar-refractivity contribution is 6.14. The van der Waals surface area contributed by atoms with Crippen LogP contribution >= 0.6 is 0 Å². The lowest BCUT2D eigenvalue weighted by molar-refractivity contribution is -0.118. The van der Waals surface area contributed by atoms with Gasteiger partial charge in [-0.2, -0.15) is 0 Å². The van der Waals surface area contributed by atoms with Crippen molar-refractivity contribution in [3.63, 3.8) is 0 Å². The smallest absolute Gasteiger partial charge is 0.274 e. The lowest BCUT2D eigenvalue weighted by Gasteiger charge is -2.16. The van der Waals surface area contributed by atoms with Crippen molar-refractivity contribution in [3.05, 3.63) is 174 Å². The van der Waals surface area contributed by atoms with Crippen LogP contribution in [0.4, 0.5) is 56.9 Å². The van der Waals surface area contributed by atoms with Gasteiger partial charge in [0.1, 0.15) is 34.2 Å². The van der Waals surface area contributed by atoms with Crippen LogP contribution in [0, 0.1) is 0 Å². The summed E-state index contributed by atoms with van der Waals surface area (Å²) in [6, 6.07) is 33.1. The molecule has 4 atom stereocenters. The summed E-state index contributed by atoms with van der Waals surface area (Å²) in [5.74, 6) is -6.33. The first-order valence-electron chi connectivity index (χ1n) is 30.1. The lowest BCUT2D eigenvalue weighted by atomic mass is 10.2. The van der Waals surface area contributed by atoms with Gasteiger partial charge in [-0.25, -0.2) is 15.0 Å². The van der Waals surface area contributed by atoms with Gasteiger partial charge in [-0.05, 0) is 162 Å². The first-order chi connectivity index (χ1) is 44.7. The molecule has 0 unspecified atom stereocenters. The number of benzene rings is 4. The third-order valence-corrected chi connectivity index (χ3v) is 15.6. The van der Waals surface area contributed by atoms with Crippen LogP contribution in [0.5, 0.6) is 0 Å². The molecule has 0 bridgehead atoms. The van der Waals surface area contributed by atoms with E-state index in [1.165, 1.54) is 42.5 Å². The number of aromatic nitrogens is 3. The molecule has 4 aliphatic heterocycles. The van der Waals surface area contributed by atoms with Gasteiger partial charge in [0.2, 0.25) is 23.6 Å². The van der Waals surface area contributed by atoms with Gasteiger partial charge in [0, 0.05) is 11.4 Å². The Labute approximate surface area is 526 Å². The molecule has 27 nitrogen and oxygen atoms in total. The van der Waals surface area contributed by atoms with Gasteiger partial charge in [0.15, 0.2) is 0 Å². The second-order valence-electron chi connectivity index (χ2n) is 22.1. The number of rotatable bonds is 20. The Morgan fingerprint density at radius 2 is 0.489 bits per heavy atom. The van der Waals surface area contributed by atoms with Crippen LogP contribution in [0.3, 0.4) is 0 Å². The normalized spacial score (nSPS) is 17.3. The minimum atomic E-state index is -0.903. The Bertz CT molecular complexity index is 3560. The second kappa shape index (κ2) is 29.0. The number of carbonyl (C=O) groups is 10. The summed E-state index contributed by atoms with van der Waals surface area (Å²) in [7, 11) is 0. The largest absolute Gasteiger partial charge is 0.323 e. The minimum absolute atomic E-state index is 0.111. The van der Waals surface area contributed by atoms with Crippen LogP contribution in [-0.4, -0.2) is 124 Å². The number of hydrogen-bond donors (Lipinski definition) is 14. The zero-order valence-electron chi connectivity index (χ0n) is 49.5. The minimum Gasteiger partial charge on any atom is -0.323 e. The predicted octanol–water partition coefficient (Wildman–Crippen LogP) is 6.15. The summed E-state index contributed by atoms with van der Waals surface area (Å²) in [6.45, 7) is 2.73. The van der Waals surface area contributed by atoms with Crippen molar-refractivity contribution in [2.24, 2.45) is 0 Å². The standard InChI is InChI=1S/C65H65N17O10/c83-56(46-24-10-28-66-46)75-38-14-1-5-18-42(38)79-62(89)52-32-36(33-53(73-52)63(90)80-43-19-6-2-15-39(43)76-57(84)47-25-11-29-67-47)70-60(87)50-22-9-23-51(72-50)61(88)71-37-34-54(64(91)81-44-20-7-3-16-40(44)77-58(85)48-26-12-30-68-48)74-55(35-37)65(92)82-45-21-8-4-17-41(45)78-59(86)49-27-13-31-69-49/h1-9,14-23,32-35,46-49,66-69H,10-13,24-31H2,(H,75,83)(H,76,84)(H,77,85)(H,78,86)(H,79,89)(H,80,90)(H,81,91)(H,82,92)(H,70,73,87)(H,71,74,88)/t46-,47-,48-,49-/m0/s1. The predicted molar refractivity (Wildman–Crippen MR) is 345 cm³/mol. The van der Waals surface area contributed by atoms with E-state index in [0.717, 1.165) is 25.7 Å². The molecule has 3 aromatic heterocycles. The Morgan fingerprint density at radius 1 is 0.272 bits per heavy atom. The number of pyridine rings is 3. The van der Waals surface area contributed by atoms with Crippen LogP contribution < -0.4 is 74.4 Å². The molecule has 4 saturated heterocycles. The molecule has 0 spiro atoms. The molecule has 27 heteroatoms. The Kier molecular flexibility index (Phi) is 19.7. The molecule has 14 N–H and O–H groups in total. The molecule has 4 aromatic carbocycles. The van der Waals surface area contributed by atoms with Gasteiger partial charge in [-0.15, -0.1) is 0 Å². The van der Waals surface area contributed by atoms with E-state index in [-0.39, 0.29) is 91.9 Å². The third-order valence-electron chi connectivity index (χ3n) is 15.6. The fourth-order valence-corrected chi connectivity index (χ4v) is 10.8. The number of para-hydroxylation sites is 8. The van der Waals surface area contributed by atoms with Crippen LogP contribution in [0.25, 0.3) is 0 Å². The van der Waals surface area contributed by atoms with Crippen molar-refractivity contribution >= 4 is 116 Å². The van der Waals surface area contributed by atoms with E-state index in [9.17, 15) is 47.9 Å². The SMILES string of the molecule is O=C(Nc1cc(C(=O)Nc2ccccc2NC(=O)[C@@H]2CCCN2)nc(C(=O)Nc2ccccc2NC(=O)[C@@H]2CCCN2)c1)c1cccc(C(=O)Nc2cc(C(=O)Nc3ccccc3NC(=O)[C@@H]3CCCN3)nc(C(=O)Nc3ccccc3NC(=O)[C@@H]3CCCN3)c2)n1. The van der Waals surface area contributed by atoms with Gasteiger partial charge in [-0.3, -0.25) is 47.9 Å². The molecule has 0 saturated carbocycles. The van der Waals surface area contributed by atoms with Gasteiger partial charge in [0.25, 0.3) is 35.4 Å². The summed E-state index contributed by atoms with van der Waals surface area (Å²) < 4.78 is 0. The Balaban J connectivity index is 0.851. The molecule has 4 fully saturated rings. The van der Waals surface area contributed by atoms with Gasteiger partial charge in [0.05, 0.1) is 69.7 Å². The average molecular weight is 1240 g/mol. The van der Waals surface area contributed by atoms with Crippen molar-refractivity contribution in [1.82, 2.24) is 36.2 Å². The lowest BCUT2D eigenvalue weighted by Crippen LogP contribution is -2.35. The van der Waals surface area contributed by atoms with Gasteiger partial charge < -0.3 is 74.4 Å². The summed E-state index contributed by atoms with van der Waals surface area (Å²) in [6.07, 6.45) is 5.81. The number of nitrogens with one attached hydrogen (secondary N) is 14. The van der Waals surface area contributed by atoms with Crippen LogP contribution in [0.2, 0.25) is 0 Å². The molecule has 0 aliphatic carbocycles. The van der Waals surface area contributed by atoms with Crippen LogP contribution in [0.1, 0.15) is 114 Å². The van der Waals surface area contributed by atoms with Crippen molar-refractivity contribution in [1.29, 1.82) is 0 Å². The first-order valence-corrected chi connectivity index (χ1v) is 30.1. The van der Waals surface area contributed by atoms with Crippen LogP contribution in [-0.2, 0) is 19.2 Å². The van der Waals surface area contributed by atoms with Crippen molar-refractivity contribution in [2.45, 2.75) is 75.5 Å². The highest BCUT2D eigenvalue weighted by Gasteiger charge is 2.29. The first kappa shape index (κ1) is 62.5. The van der Waals surface area contributed by atoms with Crippen LogP contribution in [0.15, 0.2) is 140 Å².